The van der Waals surface area contributed by atoms with Gasteiger partial charge in [0.05, 0.1) is 18.2 Å². The van der Waals surface area contributed by atoms with E-state index in [9.17, 15) is 18.0 Å². The van der Waals surface area contributed by atoms with Crippen molar-refractivity contribution in [2.75, 3.05) is 29.9 Å². The lowest BCUT2D eigenvalue weighted by atomic mass is 9.88. The van der Waals surface area contributed by atoms with Crippen LogP contribution < -0.4 is 14.9 Å². The Kier molecular flexibility index (Phi) is 7.53. The van der Waals surface area contributed by atoms with Crippen LogP contribution in [0.1, 0.15) is 62.6 Å². The first-order chi connectivity index (χ1) is 17.9. The van der Waals surface area contributed by atoms with E-state index in [2.05, 4.69) is 16.1 Å². The molecule has 0 aromatic heterocycles. The molecule has 3 aliphatic rings. The fourth-order valence-corrected chi connectivity index (χ4v) is 6.90. The normalized spacial score (nSPS) is 20.2. The van der Waals surface area contributed by atoms with Gasteiger partial charge in [-0.25, -0.2) is 13.1 Å². The fourth-order valence-electron chi connectivity index (χ4n) is 5.40. The highest BCUT2D eigenvalue weighted by Crippen LogP contribution is 2.36. The van der Waals surface area contributed by atoms with E-state index in [0.717, 1.165) is 37.7 Å². The number of sulfonamides is 1. The van der Waals surface area contributed by atoms with E-state index in [0.29, 0.717) is 43.9 Å². The summed E-state index contributed by atoms with van der Waals surface area (Å²) in [5.41, 5.74) is 3.26. The first kappa shape index (κ1) is 25.7. The molecular weight excluding hydrogens is 490 g/mol. The highest BCUT2D eigenvalue weighted by molar-refractivity contribution is 7.89. The number of nitrogens with zero attached hydrogens (tertiary/aromatic N) is 1. The van der Waals surface area contributed by atoms with Gasteiger partial charge in [-0.05, 0) is 81.2 Å². The average Bonchev–Trinajstić information content (AvgIpc) is 3.75. The minimum Gasteiger partial charge on any atom is -0.466 e. The molecule has 2 aromatic carbocycles. The number of hydrogen-bond acceptors (Lipinski definition) is 6. The highest BCUT2D eigenvalue weighted by Gasteiger charge is 2.33. The van der Waals surface area contributed by atoms with Crippen LogP contribution in [0.25, 0.3) is 0 Å². The molecule has 2 fully saturated rings. The number of esters is 1. The molecule has 2 N–H and O–H groups in total. The second kappa shape index (κ2) is 10.8. The monoisotopic (exact) mass is 525 g/mol. The number of benzene rings is 2. The topological polar surface area (TPSA) is 105 Å². The van der Waals surface area contributed by atoms with Gasteiger partial charge >= 0.3 is 5.97 Å². The van der Waals surface area contributed by atoms with Crippen molar-refractivity contribution in [3.8, 4) is 0 Å². The molecule has 0 bridgehead atoms. The number of piperidine rings is 1. The number of anilines is 2. The van der Waals surface area contributed by atoms with E-state index in [1.807, 2.05) is 23.1 Å². The van der Waals surface area contributed by atoms with Crippen molar-refractivity contribution in [3.63, 3.8) is 0 Å². The van der Waals surface area contributed by atoms with Crippen LogP contribution in [0.2, 0.25) is 0 Å². The molecule has 1 aliphatic heterocycles. The minimum atomic E-state index is -3.92. The molecule has 37 heavy (non-hydrogen) atoms. The molecule has 1 atom stereocenters. The van der Waals surface area contributed by atoms with Crippen molar-refractivity contribution in [2.45, 2.75) is 62.8 Å². The molecule has 9 heteroatoms. The Morgan fingerprint density at radius 1 is 1.00 bits per heavy atom. The third-order valence-electron chi connectivity index (χ3n) is 7.59. The third kappa shape index (κ3) is 5.83. The molecule has 1 heterocycles. The van der Waals surface area contributed by atoms with E-state index >= 15 is 0 Å². The van der Waals surface area contributed by atoms with Crippen LogP contribution in [0.4, 0.5) is 11.4 Å². The van der Waals surface area contributed by atoms with Crippen molar-refractivity contribution in [1.82, 2.24) is 4.72 Å². The Balaban J connectivity index is 1.42. The number of carbonyl (C=O) groups excluding carboxylic acids is 2. The van der Waals surface area contributed by atoms with Crippen molar-refractivity contribution in [3.05, 3.63) is 53.6 Å². The zero-order valence-corrected chi connectivity index (χ0v) is 22.1. The molecule has 8 nitrogen and oxygen atoms in total. The Bertz CT molecular complexity index is 1270. The Morgan fingerprint density at radius 3 is 2.49 bits per heavy atom. The number of fused-ring (bicyclic) bond motifs is 1. The van der Waals surface area contributed by atoms with E-state index in [4.69, 9.17) is 4.74 Å². The molecule has 1 saturated heterocycles. The number of ether oxygens (including phenoxy) is 1. The van der Waals surface area contributed by atoms with Crippen molar-refractivity contribution < 1.29 is 22.7 Å². The van der Waals surface area contributed by atoms with E-state index in [-0.39, 0.29) is 34.6 Å². The molecule has 2 aliphatic carbocycles. The molecule has 5 rings (SSSR count). The Morgan fingerprint density at radius 2 is 1.76 bits per heavy atom. The van der Waals surface area contributed by atoms with Crippen molar-refractivity contribution in [2.24, 2.45) is 11.8 Å². The minimum absolute atomic E-state index is 0.0125. The van der Waals surface area contributed by atoms with Gasteiger partial charge in [-0.1, -0.05) is 24.3 Å². The summed E-state index contributed by atoms with van der Waals surface area (Å²) < 4.78 is 35.9. The molecule has 0 spiro atoms. The number of amides is 1. The van der Waals surface area contributed by atoms with Gasteiger partial charge in [0.1, 0.15) is 4.90 Å². The van der Waals surface area contributed by atoms with Crippen LogP contribution in [0, 0.1) is 11.8 Å². The maximum atomic E-state index is 13.9. The van der Waals surface area contributed by atoms with Crippen molar-refractivity contribution in [1.29, 1.82) is 0 Å². The molecule has 0 unspecified atom stereocenters. The van der Waals surface area contributed by atoms with Gasteiger partial charge in [0.2, 0.25) is 15.9 Å². The van der Waals surface area contributed by atoms with E-state index in [1.54, 1.807) is 25.1 Å². The predicted octanol–water partition coefficient (Wildman–Crippen LogP) is 4.17. The molecular formula is C28H35N3O5S. The zero-order chi connectivity index (χ0) is 26.0. The van der Waals surface area contributed by atoms with Crippen molar-refractivity contribution >= 4 is 33.3 Å². The molecule has 1 saturated carbocycles. The van der Waals surface area contributed by atoms with Gasteiger partial charge in [0.15, 0.2) is 0 Å². The summed E-state index contributed by atoms with van der Waals surface area (Å²) in [6.45, 7) is 3.25. The second-order valence-corrected chi connectivity index (χ2v) is 11.9. The summed E-state index contributed by atoms with van der Waals surface area (Å²) in [7, 11) is -3.92. The van der Waals surface area contributed by atoms with Gasteiger partial charge in [0.25, 0.3) is 0 Å². The summed E-state index contributed by atoms with van der Waals surface area (Å²) in [4.78, 5) is 26.8. The second-order valence-electron chi connectivity index (χ2n) is 10.2. The smallest absolute Gasteiger partial charge is 0.309 e. The van der Waals surface area contributed by atoms with Gasteiger partial charge in [-0.15, -0.1) is 0 Å². The summed E-state index contributed by atoms with van der Waals surface area (Å²) >= 11 is 0. The highest BCUT2D eigenvalue weighted by atomic mass is 32.2. The molecule has 0 radical (unpaired) electrons. The lowest BCUT2D eigenvalue weighted by molar-refractivity contribution is -0.148. The lowest BCUT2D eigenvalue weighted by Gasteiger charge is -2.34. The van der Waals surface area contributed by atoms with Crippen LogP contribution in [-0.2, 0) is 30.8 Å². The van der Waals surface area contributed by atoms with Gasteiger partial charge in [-0.2, -0.15) is 0 Å². The van der Waals surface area contributed by atoms with Gasteiger partial charge in [-0.3, -0.25) is 9.59 Å². The first-order valence-corrected chi connectivity index (χ1v) is 14.8. The molecule has 198 valence electrons. The maximum absolute atomic E-state index is 13.9. The van der Waals surface area contributed by atoms with Crippen LogP contribution in [-0.4, -0.2) is 40.0 Å². The quantitative estimate of drug-likeness (QED) is 0.501. The summed E-state index contributed by atoms with van der Waals surface area (Å²) in [6, 6.07) is 12.8. The maximum Gasteiger partial charge on any atom is 0.309 e. The summed E-state index contributed by atoms with van der Waals surface area (Å²) in [5, 5.41) is 2.89. The fraction of sp³-hybridized carbons (Fsp3) is 0.500. The number of rotatable bonds is 8. The number of aryl methyl sites for hydroxylation is 1. The van der Waals surface area contributed by atoms with E-state index in [1.165, 1.54) is 5.56 Å². The standard InChI is InChI=1S/C28H35N3O5S/c1-2-36-28(33)21-14-16-31(17-15-21)25-13-12-22(29-27(32)20-10-11-20)18-26(25)37(34,35)30-24-9-5-7-19-6-3-4-8-23(19)24/h3-4,6,8,12-13,18,20-21,24,30H,2,5,7,9-11,14-17H2,1H3,(H,29,32)/t24-/m0/s1. The van der Waals surface area contributed by atoms with Crippen LogP contribution in [0.5, 0.6) is 0 Å². The largest absolute Gasteiger partial charge is 0.466 e. The zero-order valence-electron chi connectivity index (χ0n) is 21.2. The molecule has 2 aromatic rings. The predicted molar refractivity (Wildman–Crippen MR) is 142 cm³/mol. The Hall–Kier alpha value is -2.91. The number of nitrogens with one attached hydrogen (secondary N) is 2. The SMILES string of the molecule is CCOC(=O)C1CCN(c2ccc(NC(=O)C3CC3)cc2S(=O)(=O)N[C@H]2CCCc3ccccc32)CC1. The lowest BCUT2D eigenvalue weighted by Crippen LogP contribution is -2.38. The number of carbonyl (C=O) groups is 2. The van der Waals surface area contributed by atoms with Gasteiger partial charge < -0.3 is 15.0 Å². The third-order valence-corrected chi connectivity index (χ3v) is 9.09. The first-order valence-electron chi connectivity index (χ1n) is 13.3. The molecule has 1 amide bonds. The van der Waals surface area contributed by atoms with E-state index < -0.39 is 10.0 Å². The van der Waals surface area contributed by atoms with Crippen LogP contribution in [0.3, 0.4) is 0 Å². The number of hydrogen-bond donors (Lipinski definition) is 2. The van der Waals surface area contributed by atoms with Crippen LogP contribution in [0.15, 0.2) is 47.4 Å². The van der Waals surface area contributed by atoms with Gasteiger partial charge in [0, 0.05) is 30.7 Å². The Labute approximate surface area is 218 Å². The summed E-state index contributed by atoms with van der Waals surface area (Å²) in [5.74, 6) is -0.421. The summed E-state index contributed by atoms with van der Waals surface area (Å²) in [6.07, 6.45) is 5.52. The average molecular weight is 526 g/mol. The van der Waals surface area contributed by atoms with Crippen LogP contribution >= 0.6 is 0 Å².